The molecule has 0 aliphatic rings. The van der Waals surface area contributed by atoms with E-state index in [2.05, 4.69) is 15.0 Å². The van der Waals surface area contributed by atoms with E-state index in [0.29, 0.717) is 33.5 Å². The van der Waals surface area contributed by atoms with Crippen LogP contribution in [-0.4, -0.2) is 38.3 Å². The van der Waals surface area contributed by atoms with E-state index >= 15 is 0 Å². The Labute approximate surface area is 172 Å². The van der Waals surface area contributed by atoms with Crippen LogP contribution >= 0.6 is 0 Å². The van der Waals surface area contributed by atoms with Crippen LogP contribution < -0.4 is 0 Å². The number of aromatic nitrogens is 5. The molecule has 30 heavy (non-hydrogen) atoms. The van der Waals surface area contributed by atoms with Gasteiger partial charge >= 0.3 is 0 Å². The summed E-state index contributed by atoms with van der Waals surface area (Å²) in [6.45, 7) is 4.18. The molecule has 0 saturated carbocycles. The number of hydrogen-bond donors (Lipinski definition) is 0. The molecule has 3 heterocycles. The summed E-state index contributed by atoms with van der Waals surface area (Å²) in [6.07, 6.45) is 1.33. The second-order valence-electron chi connectivity index (χ2n) is 7.40. The summed E-state index contributed by atoms with van der Waals surface area (Å²) in [4.78, 5) is 13.0. The van der Waals surface area contributed by atoms with Crippen molar-refractivity contribution < 1.29 is 17.2 Å². The van der Waals surface area contributed by atoms with Gasteiger partial charge in [-0.05, 0) is 25.1 Å². The van der Waals surface area contributed by atoms with Crippen molar-refractivity contribution in [2.75, 3.05) is 5.75 Å². The molecule has 0 unspecified atom stereocenters. The maximum Gasteiger partial charge on any atom is 0.287 e. The summed E-state index contributed by atoms with van der Waals surface area (Å²) in [6, 6.07) is 4.53. The van der Waals surface area contributed by atoms with Gasteiger partial charge in [0, 0.05) is 26.6 Å². The van der Waals surface area contributed by atoms with E-state index in [1.165, 1.54) is 12.3 Å². The van der Waals surface area contributed by atoms with Crippen LogP contribution in [0.15, 0.2) is 29.3 Å². The Balaban J connectivity index is 2.06. The van der Waals surface area contributed by atoms with E-state index in [1.54, 1.807) is 30.7 Å². The number of fused-ring (bicyclic) bond motifs is 2. The van der Waals surface area contributed by atoms with Gasteiger partial charge in [0.15, 0.2) is 9.84 Å². The number of imidazole rings is 2. The summed E-state index contributed by atoms with van der Waals surface area (Å²) in [5.74, 6) is -2.10. The molecule has 0 fully saturated rings. The van der Waals surface area contributed by atoms with Gasteiger partial charge in [-0.2, -0.15) is 8.78 Å². The summed E-state index contributed by atoms with van der Waals surface area (Å²) in [5, 5.41) is 0. The van der Waals surface area contributed by atoms with E-state index in [9.17, 15) is 17.2 Å². The van der Waals surface area contributed by atoms with Crippen molar-refractivity contribution in [1.29, 1.82) is 0 Å². The second-order valence-corrected chi connectivity index (χ2v) is 9.65. The molecule has 7 nitrogen and oxygen atoms in total. The van der Waals surface area contributed by atoms with Gasteiger partial charge in [-0.3, -0.25) is 4.98 Å². The number of benzene rings is 1. The summed E-state index contributed by atoms with van der Waals surface area (Å²) in [7, 11) is -0.0716. The molecular formula is C20H21F2N5O2S. The fourth-order valence-electron chi connectivity index (χ4n) is 3.50. The van der Waals surface area contributed by atoms with E-state index in [-0.39, 0.29) is 10.6 Å². The number of alkyl halides is 2. The lowest BCUT2D eigenvalue weighted by Gasteiger charge is -2.11. The fourth-order valence-corrected chi connectivity index (χ4v) is 4.58. The van der Waals surface area contributed by atoms with Crippen LogP contribution in [0.2, 0.25) is 0 Å². The molecule has 0 bridgehead atoms. The maximum atomic E-state index is 13.7. The third kappa shape index (κ3) is 3.06. The number of sulfone groups is 1. The Morgan fingerprint density at radius 2 is 1.70 bits per heavy atom. The molecular weight excluding hydrogens is 412 g/mol. The Hall–Kier alpha value is -2.88. The fraction of sp³-hybridized carbons (Fsp3) is 0.350. The minimum Gasteiger partial charge on any atom is -0.331 e. The number of halogens is 2. The van der Waals surface area contributed by atoms with Crippen molar-refractivity contribution in [3.63, 3.8) is 0 Å². The first-order valence-corrected chi connectivity index (χ1v) is 11.0. The van der Waals surface area contributed by atoms with Crippen LogP contribution in [0, 0.1) is 6.92 Å². The predicted molar refractivity (Wildman–Crippen MR) is 110 cm³/mol. The molecule has 10 heteroatoms. The third-order valence-electron chi connectivity index (χ3n) is 5.38. The Bertz CT molecular complexity index is 1420. The monoisotopic (exact) mass is 433 g/mol. The Morgan fingerprint density at radius 3 is 2.33 bits per heavy atom. The average Bonchev–Trinajstić information content (AvgIpc) is 3.16. The van der Waals surface area contributed by atoms with Crippen molar-refractivity contribution in [2.24, 2.45) is 14.1 Å². The largest absolute Gasteiger partial charge is 0.331 e. The van der Waals surface area contributed by atoms with Gasteiger partial charge in [0.25, 0.3) is 5.92 Å². The highest BCUT2D eigenvalue weighted by Crippen LogP contribution is 2.34. The number of hydrogen-bond acceptors (Lipinski definition) is 5. The zero-order chi connectivity index (χ0) is 22.0. The molecule has 158 valence electrons. The first-order chi connectivity index (χ1) is 13.9. The molecule has 0 spiro atoms. The Morgan fingerprint density at radius 1 is 1.03 bits per heavy atom. The standard InChI is InChI=1S/C20H21F2N5O2S/c1-6-30(28,29)17-9-15-13(24-11(2)26(15)4)7-12(17)19-25-14-8-18(20(3,21)22)23-10-16(14)27(19)5/h7-10H,6H2,1-5H3. The lowest BCUT2D eigenvalue weighted by atomic mass is 10.2. The van der Waals surface area contributed by atoms with Crippen molar-refractivity contribution in [3.05, 3.63) is 35.9 Å². The Kier molecular flexibility index (Phi) is 4.46. The van der Waals surface area contributed by atoms with Gasteiger partial charge in [0.1, 0.15) is 17.3 Å². The van der Waals surface area contributed by atoms with Crippen LogP contribution in [0.1, 0.15) is 25.4 Å². The first kappa shape index (κ1) is 20.4. The van der Waals surface area contributed by atoms with Gasteiger partial charge in [-0.15, -0.1) is 0 Å². The van der Waals surface area contributed by atoms with Gasteiger partial charge < -0.3 is 9.13 Å². The second kappa shape index (κ2) is 6.56. The summed E-state index contributed by atoms with van der Waals surface area (Å²) in [5.41, 5.74) is 2.15. The summed E-state index contributed by atoms with van der Waals surface area (Å²) < 4.78 is 56.7. The van der Waals surface area contributed by atoms with E-state index in [4.69, 9.17) is 0 Å². The number of rotatable bonds is 4. The maximum absolute atomic E-state index is 13.7. The lowest BCUT2D eigenvalue weighted by molar-refractivity contribution is 0.0129. The van der Waals surface area contributed by atoms with E-state index < -0.39 is 21.5 Å². The van der Waals surface area contributed by atoms with Gasteiger partial charge in [-0.1, -0.05) is 6.92 Å². The number of aryl methyl sites for hydroxylation is 3. The van der Waals surface area contributed by atoms with Crippen molar-refractivity contribution >= 4 is 31.9 Å². The van der Waals surface area contributed by atoms with Gasteiger partial charge in [0.05, 0.1) is 38.9 Å². The topological polar surface area (TPSA) is 82.7 Å². The summed E-state index contributed by atoms with van der Waals surface area (Å²) >= 11 is 0. The third-order valence-corrected chi connectivity index (χ3v) is 7.15. The van der Waals surface area contributed by atoms with E-state index in [0.717, 1.165) is 12.7 Å². The van der Waals surface area contributed by atoms with Crippen molar-refractivity contribution in [2.45, 2.75) is 31.6 Å². The molecule has 0 N–H and O–H groups in total. The molecule has 4 rings (SSSR count). The number of pyridine rings is 1. The van der Waals surface area contributed by atoms with E-state index in [1.807, 2.05) is 18.5 Å². The normalized spacial score (nSPS) is 12.9. The molecule has 0 atom stereocenters. The molecule has 4 aromatic rings. The molecule has 0 saturated heterocycles. The molecule has 0 radical (unpaired) electrons. The molecule has 0 amide bonds. The SMILES string of the molecule is CCS(=O)(=O)c1cc2c(cc1-c1nc3cc(C(C)(F)F)ncc3n1C)nc(C)n2C. The number of nitrogens with zero attached hydrogens (tertiary/aromatic N) is 5. The zero-order valence-electron chi connectivity index (χ0n) is 17.2. The van der Waals surface area contributed by atoms with Crippen LogP contribution in [0.5, 0.6) is 0 Å². The molecule has 3 aromatic heterocycles. The lowest BCUT2D eigenvalue weighted by Crippen LogP contribution is -2.09. The highest BCUT2D eigenvalue weighted by Gasteiger charge is 2.28. The molecule has 0 aliphatic carbocycles. The van der Waals surface area contributed by atoms with Crippen molar-refractivity contribution in [1.82, 2.24) is 24.1 Å². The minimum absolute atomic E-state index is 0.0833. The average molecular weight is 433 g/mol. The first-order valence-electron chi connectivity index (χ1n) is 9.35. The van der Waals surface area contributed by atoms with Gasteiger partial charge in [-0.25, -0.2) is 18.4 Å². The zero-order valence-corrected chi connectivity index (χ0v) is 18.0. The van der Waals surface area contributed by atoms with Crippen LogP contribution in [0.3, 0.4) is 0 Å². The van der Waals surface area contributed by atoms with Crippen LogP contribution in [-0.2, 0) is 29.9 Å². The smallest absolute Gasteiger partial charge is 0.287 e. The highest BCUT2D eigenvalue weighted by molar-refractivity contribution is 7.91. The van der Waals surface area contributed by atoms with Gasteiger partial charge in [0.2, 0.25) is 0 Å². The minimum atomic E-state index is -3.59. The van der Waals surface area contributed by atoms with Crippen LogP contribution in [0.4, 0.5) is 8.78 Å². The molecule has 0 aliphatic heterocycles. The van der Waals surface area contributed by atoms with Crippen molar-refractivity contribution in [3.8, 4) is 11.4 Å². The quantitative estimate of drug-likeness (QED) is 0.490. The van der Waals surface area contributed by atoms with Crippen LogP contribution in [0.25, 0.3) is 33.5 Å². The predicted octanol–water partition coefficient (Wildman–Crippen LogP) is 3.74. The molecule has 1 aromatic carbocycles. The highest BCUT2D eigenvalue weighted by atomic mass is 32.2.